The van der Waals surface area contributed by atoms with Crippen LogP contribution in [-0.2, 0) is 4.74 Å². The topological polar surface area (TPSA) is 81.8 Å². The second-order valence-corrected chi connectivity index (χ2v) is 3.36. The molecule has 0 saturated heterocycles. The molecule has 0 aliphatic heterocycles. The third kappa shape index (κ3) is 3.13. The Morgan fingerprint density at radius 3 is 2.38 bits per heavy atom. The maximum atomic E-state index is 10.5. The van der Waals surface area contributed by atoms with Gasteiger partial charge in [0.25, 0.3) is 0 Å². The van der Waals surface area contributed by atoms with Gasteiger partial charge >= 0.3 is 6.09 Å². The highest BCUT2D eigenvalue weighted by molar-refractivity contribution is 5.64. The van der Waals surface area contributed by atoms with Gasteiger partial charge in [-0.15, -0.1) is 0 Å². The monoisotopic (exact) mass is 225 g/mol. The molecule has 0 fully saturated rings. The van der Waals surface area contributed by atoms with E-state index in [-0.39, 0.29) is 0 Å². The lowest BCUT2D eigenvalue weighted by molar-refractivity contribution is 0.0157. The number of methoxy groups -OCH3 is 1. The Morgan fingerprint density at radius 2 is 1.94 bits per heavy atom. The summed E-state index contributed by atoms with van der Waals surface area (Å²) < 4.78 is 9.67. The molecule has 0 aliphatic carbocycles. The Bertz CT molecular complexity index is 350. The lowest BCUT2D eigenvalue weighted by atomic mass is 10.1. The summed E-state index contributed by atoms with van der Waals surface area (Å²) in [5.41, 5.74) is 5.50. The third-order valence-electron chi connectivity index (χ3n) is 2.20. The zero-order valence-corrected chi connectivity index (χ0v) is 9.21. The van der Waals surface area contributed by atoms with Gasteiger partial charge in [-0.2, -0.15) is 0 Å². The first-order valence-corrected chi connectivity index (χ1v) is 4.82. The zero-order valence-electron chi connectivity index (χ0n) is 9.21. The third-order valence-corrected chi connectivity index (χ3v) is 2.20. The standard InChI is InChI=1S/C11H15NO4/c1-7(16-11(12)14)10(13)8-3-5-9(15-2)6-4-8/h3-7,10,13H,1-2H3,(H2,12,14)/t7-,10+/m0/s1. The van der Waals surface area contributed by atoms with Crippen LogP contribution in [0.3, 0.4) is 0 Å². The van der Waals surface area contributed by atoms with Gasteiger partial charge in [-0.05, 0) is 24.6 Å². The molecule has 0 unspecified atom stereocenters. The van der Waals surface area contributed by atoms with E-state index in [0.29, 0.717) is 11.3 Å². The highest BCUT2D eigenvalue weighted by Gasteiger charge is 2.19. The first-order valence-electron chi connectivity index (χ1n) is 4.82. The fourth-order valence-corrected chi connectivity index (χ4v) is 1.32. The van der Waals surface area contributed by atoms with Crippen molar-refractivity contribution in [3.63, 3.8) is 0 Å². The van der Waals surface area contributed by atoms with Gasteiger partial charge in [0.2, 0.25) is 0 Å². The molecule has 5 heteroatoms. The normalized spacial score (nSPS) is 13.9. The van der Waals surface area contributed by atoms with Gasteiger partial charge in [-0.1, -0.05) is 12.1 Å². The van der Waals surface area contributed by atoms with E-state index in [1.807, 2.05) is 0 Å². The number of rotatable bonds is 4. The number of hydrogen-bond acceptors (Lipinski definition) is 4. The van der Waals surface area contributed by atoms with E-state index in [1.54, 1.807) is 38.3 Å². The molecule has 3 N–H and O–H groups in total. The summed E-state index contributed by atoms with van der Waals surface area (Å²) in [7, 11) is 1.56. The van der Waals surface area contributed by atoms with Crippen LogP contribution in [0.5, 0.6) is 5.75 Å². The van der Waals surface area contributed by atoms with Crippen LogP contribution >= 0.6 is 0 Å². The molecular weight excluding hydrogens is 210 g/mol. The molecule has 1 rings (SSSR count). The van der Waals surface area contributed by atoms with Crippen molar-refractivity contribution < 1.29 is 19.4 Å². The largest absolute Gasteiger partial charge is 0.497 e. The van der Waals surface area contributed by atoms with Crippen molar-refractivity contribution in [1.82, 2.24) is 0 Å². The van der Waals surface area contributed by atoms with Crippen molar-refractivity contribution in [1.29, 1.82) is 0 Å². The molecule has 1 amide bonds. The molecule has 0 radical (unpaired) electrons. The van der Waals surface area contributed by atoms with Crippen LogP contribution in [0.25, 0.3) is 0 Å². The second kappa shape index (κ2) is 5.37. The number of carbonyl (C=O) groups excluding carboxylic acids is 1. The summed E-state index contributed by atoms with van der Waals surface area (Å²) in [4.78, 5) is 10.5. The second-order valence-electron chi connectivity index (χ2n) is 3.36. The van der Waals surface area contributed by atoms with Gasteiger partial charge < -0.3 is 20.3 Å². The number of carbonyl (C=O) groups is 1. The zero-order chi connectivity index (χ0) is 12.1. The Kier molecular flexibility index (Phi) is 4.13. The van der Waals surface area contributed by atoms with Gasteiger partial charge in [0.15, 0.2) is 0 Å². The fraction of sp³-hybridized carbons (Fsp3) is 0.364. The van der Waals surface area contributed by atoms with Gasteiger partial charge in [-0.25, -0.2) is 4.79 Å². The number of nitrogens with two attached hydrogens (primary N) is 1. The summed E-state index contributed by atoms with van der Waals surface area (Å²) in [6, 6.07) is 6.83. The highest BCUT2D eigenvalue weighted by atomic mass is 16.6. The number of benzene rings is 1. The first-order chi connectivity index (χ1) is 7.54. The van der Waals surface area contributed by atoms with Crippen LogP contribution < -0.4 is 10.5 Å². The molecule has 0 heterocycles. The van der Waals surface area contributed by atoms with Gasteiger partial charge in [0.1, 0.15) is 18.0 Å². The molecule has 16 heavy (non-hydrogen) atoms. The van der Waals surface area contributed by atoms with Crippen LogP contribution in [0.1, 0.15) is 18.6 Å². The lowest BCUT2D eigenvalue weighted by Crippen LogP contribution is -2.25. The SMILES string of the molecule is COc1ccc([C@H](O)[C@H](C)OC(N)=O)cc1. The number of aliphatic hydroxyl groups is 1. The quantitative estimate of drug-likeness (QED) is 0.807. The van der Waals surface area contributed by atoms with Crippen molar-refractivity contribution in [2.75, 3.05) is 7.11 Å². The molecule has 0 aromatic heterocycles. The van der Waals surface area contributed by atoms with E-state index in [9.17, 15) is 9.90 Å². The molecule has 0 saturated carbocycles. The maximum absolute atomic E-state index is 10.5. The van der Waals surface area contributed by atoms with Crippen molar-refractivity contribution >= 4 is 6.09 Å². The number of primary amides is 1. The summed E-state index contributed by atoms with van der Waals surface area (Å²) in [6.07, 6.45) is -2.50. The fourth-order valence-electron chi connectivity index (χ4n) is 1.32. The van der Waals surface area contributed by atoms with Crippen molar-refractivity contribution in [3.05, 3.63) is 29.8 Å². The van der Waals surface area contributed by atoms with Gasteiger partial charge in [-0.3, -0.25) is 0 Å². The van der Waals surface area contributed by atoms with E-state index in [0.717, 1.165) is 0 Å². The molecule has 1 aromatic rings. The van der Waals surface area contributed by atoms with Gasteiger partial charge in [0, 0.05) is 0 Å². The van der Waals surface area contributed by atoms with Crippen LogP contribution in [0.15, 0.2) is 24.3 Å². The smallest absolute Gasteiger partial charge is 0.404 e. The molecule has 2 atom stereocenters. The average Bonchev–Trinajstić information content (AvgIpc) is 2.27. The van der Waals surface area contributed by atoms with Crippen LogP contribution in [0, 0.1) is 0 Å². The van der Waals surface area contributed by atoms with E-state index in [2.05, 4.69) is 4.74 Å². The predicted octanol–water partition coefficient (Wildman–Crippen LogP) is 1.21. The first kappa shape index (κ1) is 12.3. The van der Waals surface area contributed by atoms with Crippen LogP contribution in [-0.4, -0.2) is 24.4 Å². The van der Waals surface area contributed by atoms with Crippen molar-refractivity contribution in [2.45, 2.75) is 19.1 Å². The molecular formula is C11H15NO4. The predicted molar refractivity (Wildman–Crippen MR) is 58.1 cm³/mol. The molecule has 5 nitrogen and oxygen atoms in total. The number of ether oxygens (including phenoxy) is 2. The highest BCUT2D eigenvalue weighted by Crippen LogP contribution is 2.21. The molecule has 1 aromatic carbocycles. The van der Waals surface area contributed by atoms with Gasteiger partial charge in [0.05, 0.1) is 7.11 Å². The van der Waals surface area contributed by atoms with Crippen molar-refractivity contribution in [2.24, 2.45) is 5.73 Å². The summed E-state index contributed by atoms with van der Waals surface area (Å²) in [5, 5.41) is 9.83. The van der Waals surface area contributed by atoms with E-state index in [1.165, 1.54) is 0 Å². The minimum Gasteiger partial charge on any atom is -0.497 e. The number of aliphatic hydroxyl groups excluding tert-OH is 1. The van der Waals surface area contributed by atoms with Crippen LogP contribution in [0.4, 0.5) is 4.79 Å². The lowest BCUT2D eigenvalue weighted by Gasteiger charge is -2.18. The summed E-state index contributed by atoms with van der Waals surface area (Å²) >= 11 is 0. The van der Waals surface area contributed by atoms with E-state index < -0.39 is 18.3 Å². The Labute approximate surface area is 93.8 Å². The van der Waals surface area contributed by atoms with Crippen molar-refractivity contribution in [3.8, 4) is 5.75 Å². The molecule has 0 bridgehead atoms. The van der Waals surface area contributed by atoms with E-state index in [4.69, 9.17) is 10.5 Å². The summed E-state index contributed by atoms with van der Waals surface area (Å²) in [6.45, 7) is 1.57. The number of amides is 1. The Morgan fingerprint density at radius 1 is 1.38 bits per heavy atom. The van der Waals surface area contributed by atoms with Crippen LogP contribution in [0.2, 0.25) is 0 Å². The maximum Gasteiger partial charge on any atom is 0.404 e. The molecule has 0 aliphatic rings. The molecule has 0 spiro atoms. The summed E-state index contributed by atoms with van der Waals surface area (Å²) in [5.74, 6) is 0.694. The Hall–Kier alpha value is -1.75. The van der Waals surface area contributed by atoms with E-state index >= 15 is 0 Å². The minimum atomic E-state index is -0.904. The number of hydrogen-bond donors (Lipinski definition) is 2. The Balaban J connectivity index is 2.71. The average molecular weight is 225 g/mol. The minimum absolute atomic E-state index is 0.634. The molecule has 88 valence electrons.